The lowest BCUT2D eigenvalue weighted by Gasteiger charge is -2.35. The Kier molecular flexibility index (Phi) is 4.55. The second kappa shape index (κ2) is 6.01. The molecule has 1 heterocycles. The predicted molar refractivity (Wildman–Crippen MR) is 69.4 cm³/mol. The zero-order chi connectivity index (χ0) is 14.8. The summed E-state index contributed by atoms with van der Waals surface area (Å²) in [4.78, 5) is 13.9. The molecule has 2 rings (SSSR count). The number of carbonyl (C=O) groups excluding carboxylic acids is 1. The van der Waals surface area contributed by atoms with E-state index in [-0.39, 0.29) is 13.1 Å². The Bertz CT molecular complexity index is 485. The summed E-state index contributed by atoms with van der Waals surface area (Å²) < 4.78 is 36.9. The molecule has 0 radical (unpaired) electrons. The van der Waals surface area contributed by atoms with Crippen LogP contribution in [0.1, 0.15) is 5.56 Å². The molecule has 0 saturated carbocycles. The molecule has 0 bridgehead atoms. The minimum absolute atomic E-state index is 0.0861. The molecule has 1 aliphatic rings. The molecule has 0 aromatic heterocycles. The molecule has 0 spiro atoms. The highest BCUT2D eigenvalue weighted by Crippen LogP contribution is 2.21. The second-order valence-corrected chi connectivity index (χ2v) is 5.06. The molecule has 0 atom stereocenters. The standard InChI is InChI=1S/C13H14ClF3N2O/c14-11-4-2-1-3-10(11)9-18-5-7-19(8-6-18)12(20)13(15,16)17/h1-4H,5-9H2. The van der Waals surface area contributed by atoms with E-state index in [9.17, 15) is 18.0 Å². The summed E-state index contributed by atoms with van der Waals surface area (Å²) in [5.41, 5.74) is 0.935. The quantitative estimate of drug-likeness (QED) is 0.838. The van der Waals surface area contributed by atoms with Gasteiger partial charge >= 0.3 is 12.1 Å². The lowest BCUT2D eigenvalue weighted by molar-refractivity contribution is -0.187. The Morgan fingerprint density at radius 2 is 1.75 bits per heavy atom. The van der Waals surface area contributed by atoms with Crippen molar-refractivity contribution in [1.82, 2.24) is 9.80 Å². The minimum Gasteiger partial charge on any atom is -0.332 e. The van der Waals surface area contributed by atoms with Crippen LogP contribution in [-0.4, -0.2) is 48.1 Å². The number of rotatable bonds is 2. The first-order chi connectivity index (χ1) is 9.38. The van der Waals surface area contributed by atoms with Crippen molar-refractivity contribution in [1.29, 1.82) is 0 Å². The number of piperazine rings is 1. The smallest absolute Gasteiger partial charge is 0.332 e. The van der Waals surface area contributed by atoms with Gasteiger partial charge in [-0.3, -0.25) is 9.69 Å². The fraction of sp³-hybridized carbons (Fsp3) is 0.462. The Morgan fingerprint density at radius 3 is 2.30 bits per heavy atom. The van der Waals surface area contributed by atoms with E-state index >= 15 is 0 Å². The number of hydrogen-bond donors (Lipinski definition) is 0. The summed E-state index contributed by atoms with van der Waals surface area (Å²) in [5.74, 6) is -1.75. The van der Waals surface area contributed by atoms with E-state index in [2.05, 4.69) is 0 Å². The summed E-state index contributed by atoms with van der Waals surface area (Å²) in [6.07, 6.45) is -4.79. The van der Waals surface area contributed by atoms with Crippen LogP contribution in [0.4, 0.5) is 13.2 Å². The number of alkyl halides is 3. The Labute approximate surface area is 119 Å². The Morgan fingerprint density at radius 1 is 1.15 bits per heavy atom. The third kappa shape index (κ3) is 3.64. The summed E-state index contributed by atoms with van der Waals surface area (Å²) >= 11 is 6.04. The van der Waals surface area contributed by atoms with Crippen molar-refractivity contribution in [2.75, 3.05) is 26.2 Å². The van der Waals surface area contributed by atoms with E-state index in [1.807, 2.05) is 23.1 Å². The summed E-state index contributed by atoms with van der Waals surface area (Å²) in [5, 5.41) is 0.640. The highest BCUT2D eigenvalue weighted by atomic mass is 35.5. The molecule has 1 saturated heterocycles. The van der Waals surface area contributed by atoms with Crippen LogP contribution in [0.3, 0.4) is 0 Å². The van der Waals surface area contributed by atoms with Crippen LogP contribution < -0.4 is 0 Å². The van der Waals surface area contributed by atoms with Gasteiger partial charge in [0.1, 0.15) is 0 Å². The van der Waals surface area contributed by atoms with Gasteiger partial charge in [-0.05, 0) is 11.6 Å². The van der Waals surface area contributed by atoms with Crippen LogP contribution in [0, 0.1) is 0 Å². The largest absolute Gasteiger partial charge is 0.471 e. The van der Waals surface area contributed by atoms with Crippen molar-refractivity contribution in [3.63, 3.8) is 0 Å². The molecule has 0 unspecified atom stereocenters. The molecule has 1 aliphatic heterocycles. The van der Waals surface area contributed by atoms with Crippen molar-refractivity contribution >= 4 is 17.5 Å². The molecule has 3 nitrogen and oxygen atoms in total. The monoisotopic (exact) mass is 306 g/mol. The topological polar surface area (TPSA) is 23.6 Å². The van der Waals surface area contributed by atoms with Crippen molar-refractivity contribution in [2.45, 2.75) is 12.7 Å². The second-order valence-electron chi connectivity index (χ2n) is 4.66. The fourth-order valence-electron chi connectivity index (χ4n) is 2.16. The number of amides is 1. The van der Waals surface area contributed by atoms with Crippen LogP contribution in [0.25, 0.3) is 0 Å². The van der Waals surface area contributed by atoms with E-state index in [0.717, 1.165) is 10.5 Å². The molecule has 1 fully saturated rings. The average Bonchev–Trinajstić information content (AvgIpc) is 2.40. The van der Waals surface area contributed by atoms with Gasteiger partial charge in [-0.2, -0.15) is 13.2 Å². The fourth-order valence-corrected chi connectivity index (χ4v) is 2.35. The van der Waals surface area contributed by atoms with E-state index in [4.69, 9.17) is 11.6 Å². The van der Waals surface area contributed by atoms with Gasteiger partial charge < -0.3 is 4.90 Å². The third-order valence-corrected chi connectivity index (χ3v) is 3.62. The van der Waals surface area contributed by atoms with Gasteiger partial charge in [0.2, 0.25) is 0 Å². The van der Waals surface area contributed by atoms with Crippen molar-refractivity contribution in [3.05, 3.63) is 34.9 Å². The predicted octanol–water partition coefficient (Wildman–Crippen LogP) is 2.55. The highest BCUT2D eigenvalue weighted by Gasteiger charge is 2.43. The number of carbonyl (C=O) groups is 1. The van der Waals surface area contributed by atoms with Gasteiger partial charge in [-0.25, -0.2) is 0 Å². The normalized spacial score (nSPS) is 17.3. The van der Waals surface area contributed by atoms with E-state index in [0.29, 0.717) is 24.7 Å². The maximum atomic E-state index is 12.3. The summed E-state index contributed by atoms with van der Waals surface area (Å²) in [6, 6.07) is 7.35. The molecule has 7 heteroatoms. The maximum absolute atomic E-state index is 12.3. The van der Waals surface area contributed by atoms with Crippen molar-refractivity contribution < 1.29 is 18.0 Å². The third-order valence-electron chi connectivity index (χ3n) is 3.25. The molecule has 1 amide bonds. The van der Waals surface area contributed by atoms with Crippen molar-refractivity contribution in [2.24, 2.45) is 0 Å². The molecule has 20 heavy (non-hydrogen) atoms. The van der Waals surface area contributed by atoms with Gasteiger partial charge in [-0.1, -0.05) is 29.8 Å². The van der Waals surface area contributed by atoms with Crippen LogP contribution >= 0.6 is 11.6 Å². The first kappa shape index (κ1) is 15.1. The van der Waals surface area contributed by atoms with Gasteiger partial charge in [-0.15, -0.1) is 0 Å². The van der Waals surface area contributed by atoms with Gasteiger partial charge in [0.05, 0.1) is 0 Å². The zero-order valence-electron chi connectivity index (χ0n) is 10.7. The zero-order valence-corrected chi connectivity index (χ0v) is 11.4. The van der Waals surface area contributed by atoms with Crippen LogP contribution in [0.5, 0.6) is 0 Å². The van der Waals surface area contributed by atoms with Gasteiger partial charge in [0.15, 0.2) is 0 Å². The van der Waals surface area contributed by atoms with Crippen molar-refractivity contribution in [3.8, 4) is 0 Å². The lowest BCUT2D eigenvalue weighted by atomic mass is 10.2. The van der Waals surface area contributed by atoms with Gasteiger partial charge in [0, 0.05) is 37.7 Å². The molecular weight excluding hydrogens is 293 g/mol. The molecular formula is C13H14ClF3N2O. The summed E-state index contributed by atoms with van der Waals surface area (Å²) in [6.45, 7) is 1.57. The average molecular weight is 307 g/mol. The summed E-state index contributed by atoms with van der Waals surface area (Å²) in [7, 11) is 0. The number of hydrogen-bond acceptors (Lipinski definition) is 2. The minimum atomic E-state index is -4.79. The highest BCUT2D eigenvalue weighted by molar-refractivity contribution is 6.31. The number of benzene rings is 1. The first-order valence-corrected chi connectivity index (χ1v) is 6.57. The van der Waals surface area contributed by atoms with Gasteiger partial charge in [0.25, 0.3) is 0 Å². The van der Waals surface area contributed by atoms with Crippen LogP contribution in [0.15, 0.2) is 24.3 Å². The molecule has 0 aliphatic carbocycles. The molecule has 110 valence electrons. The van der Waals surface area contributed by atoms with E-state index in [1.54, 1.807) is 6.07 Å². The first-order valence-electron chi connectivity index (χ1n) is 6.20. The molecule has 0 N–H and O–H groups in total. The maximum Gasteiger partial charge on any atom is 0.471 e. The lowest BCUT2D eigenvalue weighted by Crippen LogP contribution is -2.52. The van der Waals surface area contributed by atoms with Crippen LogP contribution in [0.2, 0.25) is 5.02 Å². The SMILES string of the molecule is O=C(N1CCN(Cc2ccccc2Cl)CC1)C(F)(F)F. The number of halogens is 4. The molecule has 1 aromatic carbocycles. The Hall–Kier alpha value is -1.27. The van der Waals surface area contributed by atoms with E-state index < -0.39 is 12.1 Å². The van der Waals surface area contributed by atoms with Crippen LogP contribution in [-0.2, 0) is 11.3 Å². The number of nitrogens with zero attached hydrogens (tertiary/aromatic N) is 2. The molecule has 1 aromatic rings. The van der Waals surface area contributed by atoms with E-state index in [1.165, 1.54) is 0 Å². The Balaban J connectivity index is 1.89.